The number of Topliss-reactive ketones (excluding diaryl/α,β-unsaturated/α-hetero) is 1. The van der Waals surface area contributed by atoms with E-state index in [-0.39, 0.29) is 56.8 Å². The van der Waals surface area contributed by atoms with Crippen molar-refractivity contribution in [2.45, 2.75) is 78.0 Å². The molecule has 0 unspecified atom stereocenters. The average molecular weight is 1080 g/mol. The van der Waals surface area contributed by atoms with Crippen LogP contribution in [0.1, 0.15) is 85.9 Å². The molecule has 2 saturated heterocycles. The van der Waals surface area contributed by atoms with Crippen molar-refractivity contribution >= 4 is 96.0 Å². The maximum absolute atomic E-state index is 14.0. The van der Waals surface area contributed by atoms with Gasteiger partial charge in [-0.2, -0.15) is 4.99 Å². The minimum atomic E-state index is -0.601. The lowest BCUT2D eigenvalue weighted by molar-refractivity contribution is 0.0149. The molecular formula is C52H63BrF2N8O6S2. The molecule has 5 aromatic rings. The Bertz CT molecular complexity index is 2590. The Morgan fingerprint density at radius 2 is 1.39 bits per heavy atom. The highest BCUT2D eigenvalue weighted by molar-refractivity contribution is 9.09. The minimum absolute atomic E-state index is 0.0802. The van der Waals surface area contributed by atoms with Crippen molar-refractivity contribution in [2.75, 3.05) is 79.7 Å². The normalized spacial score (nSPS) is 13.9. The van der Waals surface area contributed by atoms with Gasteiger partial charge in [0.1, 0.15) is 16.3 Å². The number of ketones is 2. The van der Waals surface area contributed by atoms with Crippen molar-refractivity contribution in [3.05, 3.63) is 113 Å². The van der Waals surface area contributed by atoms with Crippen molar-refractivity contribution in [3.63, 3.8) is 0 Å². The lowest BCUT2D eigenvalue weighted by Gasteiger charge is -2.39. The van der Waals surface area contributed by atoms with Crippen LogP contribution in [0.4, 0.5) is 47.3 Å². The van der Waals surface area contributed by atoms with Crippen LogP contribution in [0, 0.1) is 11.6 Å². The van der Waals surface area contributed by atoms with Gasteiger partial charge in [-0.15, -0.1) is 0 Å². The number of anilines is 5. The van der Waals surface area contributed by atoms with Crippen LogP contribution in [-0.2, 0) is 4.74 Å². The van der Waals surface area contributed by atoms with E-state index in [0.717, 1.165) is 87.2 Å². The third-order valence-corrected chi connectivity index (χ3v) is 13.2. The molecule has 0 saturated carbocycles. The average Bonchev–Trinajstić information content (AvgIpc) is 3.73. The second-order valence-corrected chi connectivity index (χ2v) is 19.3. The Morgan fingerprint density at radius 1 is 0.859 bits per heavy atom. The molecular weight excluding hydrogens is 1010 g/mol. The number of carbonyl (C=O) groups is 3. The zero-order valence-corrected chi connectivity index (χ0v) is 44.4. The molecule has 2 fully saturated rings. The van der Waals surface area contributed by atoms with Gasteiger partial charge in [0.05, 0.1) is 30.4 Å². The molecule has 19 heteroatoms. The molecule has 1 amide bonds. The molecule has 7 rings (SSSR count). The van der Waals surface area contributed by atoms with E-state index in [1.807, 2.05) is 56.9 Å². The first kappa shape index (κ1) is 55.9. The monoisotopic (exact) mass is 1080 g/mol. The number of halogens is 3. The van der Waals surface area contributed by atoms with Crippen molar-refractivity contribution in [3.8, 4) is 11.5 Å². The Balaban J connectivity index is 0.000000217. The fourth-order valence-corrected chi connectivity index (χ4v) is 9.29. The summed E-state index contributed by atoms with van der Waals surface area (Å²) in [6.45, 7) is 15.4. The van der Waals surface area contributed by atoms with Crippen molar-refractivity contribution < 1.29 is 37.4 Å². The fourth-order valence-electron chi connectivity index (χ4n) is 8.00. The predicted molar refractivity (Wildman–Crippen MR) is 288 cm³/mol. The number of hydrogen-bond donors (Lipinski definition) is 3. The summed E-state index contributed by atoms with van der Waals surface area (Å²) in [5.74, 6) is -1.31. The molecule has 0 atom stereocenters. The van der Waals surface area contributed by atoms with Gasteiger partial charge in [-0.25, -0.2) is 18.6 Å². The van der Waals surface area contributed by atoms with Gasteiger partial charge in [0.15, 0.2) is 34.0 Å². The smallest absolute Gasteiger partial charge is 0.410 e. The van der Waals surface area contributed by atoms with Crippen molar-refractivity contribution in [1.29, 1.82) is 0 Å². The first-order valence-electron chi connectivity index (χ1n) is 23.4. The number of benzene rings is 4. The van der Waals surface area contributed by atoms with Gasteiger partial charge in [0.25, 0.3) is 0 Å². The number of nitrogens with zero attached hydrogens (tertiary/aromatic N) is 5. The Kier molecular flexibility index (Phi) is 21.3. The number of methoxy groups -OCH3 is 2. The molecule has 1 aromatic heterocycles. The van der Waals surface area contributed by atoms with E-state index in [1.54, 1.807) is 0 Å². The van der Waals surface area contributed by atoms with E-state index in [1.165, 1.54) is 55.9 Å². The molecule has 2 aliphatic heterocycles. The van der Waals surface area contributed by atoms with Gasteiger partial charge in [-0.05, 0) is 157 Å². The van der Waals surface area contributed by atoms with Crippen LogP contribution >= 0.6 is 39.5 Å². The molecule has 0 radical (unpaired) electrons. The Morgan fingerprint density at radius 3 is 1.89 bits per heavy atom. The maximum Gasteiger partial charge on any atom is 0.410 e. The second kappa shape index (κ2) is 27.0. The first-order valence-corrected chi connectivity index (χ1v) is 25.7. The van der Waals surface area contributed by atoms with Gasteiger partial charge >= 0.3 is 6.09 Å². The number of hydrogen-bond acceptors (Lipinski definition) is 15. The minimum Gasteiger partial charge on any atom is -0.494 e. The standard InChI is InChI=1S/C24H28FN5O2S.C19H27N3O2S.C9H8BrFO2/c1-3-27-16-10-12-30(13-11-16)18-7-5-17(6-8-18)28-24-29-23(26)22(33-24)21(31)15-4-9-20(32-2)19(25)14-15;1-5-22(18(23)24-19(2,3)4)17-10-12-21(13-11-17)16-8-6-15(7-9-16)20-14-25;1-13-9-3-2-6(4-7(9)11)8(12)5-10/h4-9,14,16,27H,3,10-13,26H2,1-2H3,(H,28,29);6-9,17H,5,10-13H2,1-4H3;2-4H,5H2,1H3. The molecule has 0 aliphatic carbocycles. The summed E-state index contributed by atoms with van der Waals surface area (Å²) >= 11 is 8.78. The number of thiazole rings is 1. The number of ether oxygens (including phenoxy) is 3. The summed E-state index contributed by atoms with van der Waals surface area (Å²) in [6, 6.07) is 25.2. The fraction of sp³-hybridized carbons (Fsp3) is 0.404. The third-order valence-electron chi connectivity index (χ3n) is 11.6. The van der Waals surface area contributed by atoms with Crippen molar-refractivity contribution in [1.82, 2.24) is 15.2 Å². The topological polar surface area (TPSA) is 164 Å². The number of aromatic nitrogens is 1. The van der Waals surface area contributed by atoms with Gasteiger partial charge in [0.2, 0.25) is 5.78 Å². The number of nitrogens with two attached hydrogens (primary N) is 1. The van der Waals surface area contributed by atoms with Crippen LogP contribution in [0.5, 0.6) is 11.5 Å². The van der Waals surface area contributed by atoms with Gasteiger partial charge in [-0.3, -0.25) is 9.59 Å². The van der Waals surface area contributed by atoms with E-state index in [0.29, 0.717) is 23.3 Å². The maximum atomic E-state index is 14.0. The summed E-state index contributed by atoms with van der Waals surface area (Å²) in [5, 5.41) is 9.81. The summed E-state index contributed by atoms with van der Waals surface area (Å²) in [5.41, 5.74) is 10.1. The summed E-state index contributed by atoms with van der Waals surface area (Å²) < 4.78 is 42.2. The van der Waals surface area contributed by atoms with E-state index < -0.39 is 17.2 Å². The molecule has 14 nitrogen and oxygen atoms in total. The zero-order chi connectivity index (χ0) is 51.7. The van der Waals surface area contributed by atoms with Crippen LogP contribution in [-0.4, -0.2) is 109 Å². The lowest BCUT2D eigenvalue weighted by atomic mass is 10.0. The van der Waals surface area contributed by atoms with E-state index in [9.17, 15) is 23.2 Å². The zero-order valence-electron chi connectivity index (χ0n) is 41.2. The largest absolute Gasteiger partial charge is 0.494 e. The number of piperidine rings is 2. The number of amides is 1. The van der Waals surface area contributed by atoms with Gasteiger partial charge in [-0.1, -0.05) is 34.2 Å². The molecule has 380 valence electrons. The van der Waals surface area contributed by atoms with E-state index >= 15 is 0 Å². The Labute approximate surface area is 433 Å². The van der Waals surface area contributed by atoms with Crippen molar-refractivity contribution in [2.24, 2.45) is 4.99 Å². The van der Waals surface area contributed by atoms with Crippen LogP contribution in [0.2, 0.25) is 0 Å². The Hall–Kier alpha value is -5.98. The third kappa shape index (κ3) is 16.3. The SMILES string of the molecule is CCN(C(=O)OC(C)(C)C)C1CCN(c2ccc(N=C=S)cc2)CC1.CCNC1CCN(c2ccc(Nc3nc(N)c(C(=O)c4ccc(OC)c(F)c4)s3)cc2)CC1.COc1ccc(C(=O)CBr)cc1F. The number of nitrogens with one attached hydrogen (secondary N) is 2. The summed E-state index contributed by atoms with van der Waals surface area (Å²) in [7, 11) is 2.75. The second-order valence-electron chi connectivity index (χ2n) is 17.5. The van der Waals surface area contributed by atoms with Crippen LogP contribution in [0.3, 0.4) is 0 Å². The number of isothiocyanates is 1. The molecule has 4 aromatic carbocycles. The quantitative estimate of drug-likeness (QED) is 0.0393. The van der Waals surface area contributed by atoms with E-state index in [4.69, 9.17) is 19.9 Å². The number of carbonyl (C=O) groups excluding carboxylic acids is 3. The number of aliphatic imine (C=N–C) groups is 1. The molecule has 2 aliphatic rings. The number of nitrogen functional groups attached to an aromatic ring is 1. The number of thiocarbonyl (C=S) groups is 1. The van der Waals surface area contributed by atoms with Gasteiger partial charge in [0, 0.05) is 73.0 Å². The van der Waals surface area contributed by atoms with E-state index in [2.05, 4.69) is 94.9 Å². The van der Waals surface area contributed by atoms with Crippen LogP contribution in [0.15, 0.2) is 89.9 Å². The highest BCUT2D eigenvalue weighted by Gasteiger charge is 2.30. The summed E-state index contributed by atoms with van der Waals surface area (Å²) in [4.78, 5) is 51.4. The van der Waals surface area contributed by atoms with Crippen LogP contribution < -0.4 is 35.6 Å². The highest BCUT2D eigenvalue weighted by atomic mass is 79.9. The first-order chi connectivity index (χ1) is 34.0. The molecule has 3 heterocycles. The molecule has 0 bridgehead atoms. The molecule has 0 spiro atoms. The highest BCUT2D eigenvalue weighted by Crippen LogP contribution is 2.32. The summed E-state index contributed by atoms with van der Waals surface area (Å²) in [6.07, 6.45) is 3.94. The predicted octanol–water partition coefficient (Wildman–Crippen LogP) is 11.5. The number of alkyl halides is 1. The molecule has 71 heavy (non-hydrogen) atoms. The van der Waals surface area contributed by atoms with Gasteiger partial charge < -0.3 is 45.3 Å². The molecule has 4 N–H and O–H groups in total. The lowest BCUT2D eigenvalue weighted by Crippen LogP contribution is -2.48. The van der Waals surface area contributed by atoms with Crippen LogP contribution in [0.25, 0.3) is 0 Å². The number of rotatable bonds is 15.